The number of hydrogen-bond acceptors (Lipinski definition) is 5. The molecule has 2 saturated heterocycles. The average Bonchev–Trinajstić information content (AvgIpc) is 3.25. The molecule has 2 aliphatic heterocycles. The van der Waals surface area contributed by atoms with E-state index in [1.165, 1.54) is 0 Å². The van der Waals surface area contributed by atoms with Crippen molar-refractivity contribution in [1.82, 2.24) is 18.5 Å². The molecule has 130 valence electrons. The molecule has 1 aromatic heterocycles. The van der Waals surface area contributed by atoms with E-state index in [-0.39, 0.29) is 0 Å². The zero-order valence-corrected chi connectivity index (χ0v) is 14.4. The molecule has 0 amide bonds. The van der Waals surface area contributed by atoms with Crippen LogP contribution < -0.4 is 0 Å². The number of fused-ring (bicyclic) bond motifs is 1. The fraction of sp³-hybridized carbons (Fsp3) is 0.562. The second kappa shape index (κ2) is 6.44. The first-order valence-electron chi connectivity index (χ1n) is 8.45. The van der Waals surface area contributed by atoms with Crippen LogP contribution in [-0.4, -0.2) is 66.2 Å². The quantitative estimate of drug-likeness (QED) is 0.831. The molecule has 2 aliphatic rings. The van der Waals surface area contributed by atoms with Gasteiger partial charge < -0.3 is 4.42 Å². The van der Waals surface area contributed by atoms with Gasteiger partial charge in [-0.1, -0.05) is 12.1 Å². The molecule has 1 aromatic carbocycles. The van der Waals surface area contributed by atoms with Gasteiger partial charge in [0.05, 0.1) is 6.54 Å². The van der Waals surface area contributed by atoms with Crippen LogP contribution in [-0.2, 0) is 16.8 Å². The Bertz CT molecular complexity index is 773. The van der Waals surface area contributed by atoms with Crippen LogP contribution in [0.1, 0.15) is 18.7 Å². The van der Waals surface area contributed by atoms with Gasteiger partial charge in [-0.3, -0.25) is 4.90 Å². The molecule has 3 heterocycles. The van der Waals surface area contributed by atoms with Gasteiger partial charge in [0.2, 0.25) is 5.89 Å². The molecule has 0 radical (unpaired) electrons. The van der Waals surface area contributed by atoms with E-state index in [9.17, 15) is 8.42 Å². The SMILES string of the molecule is O=S(=O)(N1CCCC1)N1CCN(Cc2nc3ccccc3o2)CC1. The number of nitrogens with zero attached hydrogens (tertiary/aromatic N) is 4. The highest BCUT2D eigenvalue weighted by Gasteiger charge is 2.33. The van der Waals surface area contributed by atoms with E-state index in [2.05, 4.69) is 9.88 Å². The van der Waals surface area contributed by atoms with Crippen LogP contribution in [0.4, 0.5) is 0 Å². The number of aromatic nitrogens is 1. The lowest BCUT2D eigenvalue weighted by molar-refractivity contribution is 0.165. The van der Waals surface area contributed by atoms with Crippen LogP contribution in [0.15, 0.2) is 28.7 Å². The van der Waals surface area contributed by atoms with E-state index in [4.69, 9.17) is 4.42 Å². The third-order valence-electron chi connectivity index (χ3n) is 4.75. The minimum atomic E-state index is -3.28. The zero-order chi connectivity index (χ0) is 16.6. The molecule has 2 aromatic rings. The molecular formula is C16H22N4O3S. The lowest BCUT2D eigenvalue weighted by atomic mass is 10.3. The van der Waals surface area contributed by atoms with Crippen molar-refractivity contribution in [3.05, 3.63) is 30.2 Å². The molecule has 0 spiro atoms. The second-order valence-corrected chi connectivity index (χ2v) is 8.29. The van der Waals surface area contributed by atoms with Gasteiger partial charge in [0.1, 0.15) is 5.52 Å². The number of para-hydroxylation sites is 2. The van der Waals surface area contributed by atoms with E-state index in [1.54, 1.807) is 8.61 Å². The minimum Gasteiger partial charge on any atom is -0.439 e. The Labute approximate surface area is 142 Å². The Balaban J connectivity index is 1.37. The Hall–Kier alpha value is -1.48. The lowest BCUT2D eigenvalue weighted by Crippen LogP contribution is -2.52. The Morgan fingerprint density at radius 2 is 1.62 bits per heavy atom. The summed E-state index contributed by atoms with van der Waals surface area (Å²) < 4.78 is 34.1. The summed E-state index contributed by atoms with van der Waals surface area (Å²) in [6, 6.07) is 7.71. The smallest absolute Gasteiger partial charge is 0.282 e. The summed E-state index contributed by atoms with van der Waals surface area (Å²) in [5.41, 5.74) is 1.66. The van der Waals surface area contributed by atoms with Crippen LogP contribution in [0.5, 0.6) is 0 Å². The standard InChI is InChI=1S/C16H22N4O3S/c21-24(22,19-7-3-4-8-19)20-11-9-18(10-12-20)13-16-17-14-5-1-2-6-15(14)23-16/h1-2,5-6H,3-4,7-13H2. The maximum atomic E-state index is 12.6. The fourth-order valence-electron chi connectivity index (χ4n) is 3.38. The third kappa shape index (κ3) is 3.06. The molecule has 0 saturated carbocycles. The van der Waals surface area contributed by atoms with Crippen LogP contribution >= 0.6 is 0 Å². The van der Waals surface area contributed by atoms with Crippen molar-refractivity contribution in [2.45, 2.75) is 19.4 Å². The van der Waals surface area contributed by atoms with Gasteiger partial charge in [-0.15, -0.1) is 0 Å². The Morgan fingerprint density at radius 3 is 2.33 bits per heavy atom. The van der Waals surface area contributed by atoms with Gasteiger partial charge in [-0.2, -0.15) is 17.0 Å². The van der Waals surface area contributed by atoms with E-state index in [0.29, 0.717) is 51.7 Å². The summed E-state index contributed by atoms with van der Waals surface area (Å²) in [6.07, 6.45) is 1.94. The molecule has 0 aliphatic carbocycles. The summed E-state index contributed by atoms with van der Waals surface area (Å²) in [5.74, 6) is 0.687. The third-order valence-corrected chi connectivity index (χ3v) is 6.78. The Morgan fingerprint density at radius 1 is 0.958 bits per heavy atom. The molecule has 0 unspecified atom stereocenters. The van der Waals surface area contributed by atoms with Crippen LogP contribution in [0.25, 0.3) is 11.1 Å². The molecular weight excluding hydrogens is 328 g/mol. The van der Waals surface area contributed by atoms with Gasteiger partial charge >= 0.3 is 0 Å². The number of rotatable bonds is 4. The van der Waals surface area contributed by atoms with E-state index in [1.807, 2.05) is 24.3 Å². The number of hydrogen-bond donors (Lipinski definition) is 0. The van der Waals surface area contributed by atoms with Crippen molar-refractivity contribution in [1.29, 1.82) is 0 Å². The van der Waals surface area contributed by atoms with Gasteiger partial charge in [0, 0.05) is 39.3 Å². The molecule has 4 rings (SSSR count). The van der Waals surface area contributed by atoms with Crippen molar-refractivity contribution >= 4 is 21.3 Å². The predicted molar refractivity (Wildman–Crippen MR) is 90.6 cm³/mol. The summed E-state index contributed by atoms with van der Waals surface area (Å²) in [7, 11) is -3.28. The number of benzene rings is 1. The van der Waals surface area contributed by atoms with Crippen LogP contribution in [0.2, 0.25) is 0 Å². The first kappa shape index (κ1) is 16.0. The first-order chi connectivity index (χ1) is 11.6. The molecule has 2 fully saturated rings. The maximum absolute atomic E-state index is 12.6. The first-order valence-corrected chi connectivity index (χ1v) is 9.85. The fourth-order valence-corrected chi connectivity index (χ4v) is 5.05. The van der Waals surface area contributed by atoms with Crippen molar-refractivity contribution in [2.24, 2.45) is 0 Å². The minimum absolute atomic E-state index is 0.527. The number of oxazole rings is 1. The summed E-state index contributed by atoms with van der Waals surface area (Å²) in [4.78, 5) is 6.68. The predicted octanol–water partition coefficient (Wildman–Crippen LogP) is 1.29. The van der Waals surface area contributed by atoms with Crippen molar-refractivity contribution in [3.63, 3.8) is 0 Å². The second-order valence-electron chi connectivity index (χ2n) is 6.36. The average molecular weight is 350 g/mol. The highest BCUT2D eigenvalue weighted by atomic mass is 32.2. The van der Waals surface area contributed by atoms with Gasteiger partial charge in [0.25, 0.3) is 10.2 Å². The Kier molecular flexibility index (Phi) is 4.29. The number of piperazine rings is 1. The highest BCUT2D eigenvalue weighted by molar-refractivity contribution is 7.86. The molecule has 7 nitrogen and oxygen atoms in total. The molecule has 24 heavy (non-hydrogen) atoms. The molecule has 0 N–H and O–H groups in total. The van der Waals surface area contributed by atoms with Gasteiger partial charge in [-0.05, 0) is 25.0 Å². The van der Waals surface area contributed by atoms with E-state index in [0.717, 1.165) is 23.9 Å². The summed E-state index contributed by atoms with van der Waals surface area (Å²) in [5, 5.41) is 0. The van der Waals surface area contributed by atoms with Crippen molar-refractivity contribution in [2.75, 3.05) is 39.3 Å². The van der Waals surface area contributed by atoms with Crippen LogP contribution in [0.3, 0.4) is 0 Å². The van der Waals surface area contributed by atoms with Gasteiger partial charge in [0.15, 0.2) is 5.58 Å². The normalized spacial score (nSPS) is 21.7. The zero-order valence-electron chi connectivity index (χ0n) is 13.6. The van der Waals surface area contributed by atoms with Crippen molar-refractivity contribution < 1.29 is 12.8 Å². The summed E-state index contributed by atoms with van der Waals surface area (Å²) >= 11 is 0. The molecule has 8 heteroatoms. The largest absolute Gasteiger partial charge is 0.439 e. The van der Waals surface area contributed by atoms with E-state index >= 15 is 0 Å². The van der Waals surface area contributed by atoms with Crippen LogP contribution in [0, 0.1) is 0 Å². The van der Waals surface area contributed by atoms with Crippen molar-refractivity contribution in [3.8, 4) is 0 Å². The topological polar surface area (TPSA) is 69.9 Å². The summed E-state index contributed by atoms with van der Waals surface area (Å²) in [6.45, 7) is 4.39. The van der Waals surface area contributed by atoms with Gasteiger partial charge in [-0.25, -0.2) is 4.98 Å². The monoisotopic (exact) mass is 350 g/mol. The lowest BCUT2D eigenvalue weighted by Gasteiger charge is -2.35. The molecule has 0 bridgehead atoms. The van der Waals surface area contributed by atoms with E-state index < -0.39 is 10.2 Å². The highest BCUT2D eigenvalue weighted by Crippen LogP contribution is 2.20. The maximum Gasteiger partial charge on any atom is 0.282 e. The molecule has 0 atom stereocenters.